The number of carbonyl (C=O) groups is 1. The number of H-pyrrole nitrogens is 1. The fraction of sp³-hybridized carbons (Fsp3) is 0.350. The van der Waals surface area contributed by atoms with E-state index in [0.717, 1.165) is 0 Å². The third-order valence-corrected chi connectivity index (χ3v) is 5.43. The third-order valence-electron chi connectivity index (χ3n) is 5.43. The molecule has 9 heteroatoms. The normalized spacial score (nSPS) is 18.4. The zero-order valence-corrected chi connectivity index (χ0v) is 17.9. The van der Waals surface area contributed by atoms with Gasteiger partial charge < -0.3 is 10.6 Å². The molecule has 1 aliphatic heterocycles. The topological polar surface area (TPSA) is 97.0 Å². The molecule has 0 spiro atoms. The number of fused-ring (bicyclic) bond motifs is 1. The Morgan fingerprint density at radius 2 is 1.93 bits per heavy atom. The van der Waals surface area contributed by atoms with Crippen LogP contribution in [0.15, 0.2) is 41.2 Å². The number of nitrogens with one attached hydrogen (secondary N) is 1. The highest BCUT2D eigenvalue weighted by atomic mass is 35.5. The quantitative estimate of drug-likeness (QED) is 0.656. The number of hydrogen-bond donors (Lipinski definition) is 2. The number of aromatic amines is 1. The van der Waals surface area contributed by atoms with E-state index < -0.39 is 0 Å². The number of rotatable bonds is 3. The molecule has 2 atom stereocenters. The number of nitrogens with zero attached hydrogens (tertiary/aromatic N) is 3. The fourth-order valence-corrected chi connectivity index (χ4v) is 4.08. The van der Waals surface area contributed by atoms with Crippen molar-refractivity contribution in [3.05, 3.63) is 63.6 Å². The molecule has 2 aromatic heterocycles. The first kappa shape index (κ1) is 22.9. The second-order valence-electron chi connectivity index (χ2n) is 7.23. The van der Waals surface area contributed by atoms with Gasteiger partial charge in [-0.1, -0.05) is 30.3 Å². The Labute approximate surface area is 181 Å². The summed E-state index contributed by atoms with van der Waals surface area (Å²) < 4.78 is 1.56. The lowest BCUT2D eigenvalue weighted by atomic mass is 9.89. The standard InChI is InChI=1S/C20H23N5O2.2ClH/c1-12-8-15(17-18(22-12)24(2)23-19(17)26)20(27)25-10-14(9-21)16(11-25)13-6-4-3-5-7-13;;/h3-8,14,16H,9-11,21H2,1-2H3,(H,23,26);2*1H/t14-,16+;;/m1../s1. The average Bonchev–Trinajstić information content (AvgIpc) is 3.22. The SMILES string of the molecule is Cc1cc(C(=O)N2C[C@@H](CN)[C@H](c3ccccc3)C2)c2c(=O)[nH]n(C)c2n1.Cl.Cl. The van der Waals surface area contributed by atoms with E-state index >= 15 is 0 Å². The van der Waals surface area contributed by atoms with Crippen LogP contribution >= 0.6 is 24.8 Å². The Morgan fingerprint density at radius 3 is 2.59 bits per heavy atom. The number of benzene rings is 1. The maximum absolute atomic E-state index is 13.3. The lowest BCUT2D eigenvalue weighted by Gasteiger charge is -2.17. The van der Waals surface area contributed by atoms with Crippen molar-refractivity contribution < 1.29 is 4.79 Å². The number of likely N-dealkylation sites (tertiary alicyclic amines) is 1. The van der Waals surface area contributed by atoms with Gasteiger partial charge in [0.15, 0.2) is 5.65 Å². The van der Waals surface area contributed by atoms with Crippen LogP contribution in [0.25, 0.3) is 11.0 Å². The number of pyridine rings is 1. The Kier molecular flexibility index (Phi) is 7.11. The molecule has 4 rings (SSSR count). The van der Waals surface area contributed by atoms with Gasteiger partial charge in [0.2, 0.25) is 0 Å². The van der Waals surface area contributed by atoms with Gasteiger partial charge in [-0.05, 0) is 31.0 Å². The highest BCUT2D eigenvalue weighted by Crippen LogP contribution is 2.33. The summed E-state index contributed by atoms with van der Waals surface area (Å²) in [7, 11) is 1.72. The van der Waals surface area contributed by atoms with Gasteiger partial charge in [-0.2, -0.15) is 0 Å². The van der Waals surface area contributed by atoms with E-state index in [1.807, 2.05) is 30.0 Å². The monoisotopic (exact) mass is 437 g/mol. The predicted molar refractivity (Wildman–Crippen MR) is 118 cm³/mol. The van der Waals surface area contributed by atoms with Crippen LogP contribution in [0.5, 0.6) is 0 Å². The number of nitrogens with two attached hydrogens (primary N) is 1. The molecule has 29 heavy (non-hydrogen) atoms. The molecule has 3 N–H and O–H groups in total. The summed E-state index contributed by atoms with van der Waals surface area (Å²) in [6.45, 7) is 3.52. The molecule has 0 aliphatic carbocycles. The van der Waals surface area contributed by atoms with Crippen LogP contribution in [0.1, 0.15) is 27.5 Å². The van der Waals surface area contributed by atoms with Crippen molar-refractivity contribution in [1.82, 2.24) is 19.7 Å². The lowest BCUT2D eigenvalue weighted by molar-refractivity contribution is 0.0788. The Bertz CT molecular complexity index is 1060. The molecular formula is C20H25Cl2N5O2. The first-order valence-corrected chi connectivity index (χ1v) is 9.10. The molecule has 1 saturated heterocycles. The second-order valence-corrected chi connectivity index (χ2v) is 7.23. The fourth-order valence-electron chi connectivity index (χ4n) is 4.08. The zero-order chi connectivity index (χ0) is 19.1. The molecule has 156 valence electrons. The predicted octanol–water partition coefficient (Wildman–Crippen LogP) is 2.23. The number of halogens is 2. The van der Waals surface area contributed by atoms with E-state index in [2.05, 4.69) is 22.2 Å². The molecule has 0 bridgehead atoms. The second kappa shape index (κ2) is 8.98. The number of amides is 1. The van der Waals surface area contributed by atoms with Gasteiger partial charge in [-0.15, -0.1) is 24.8 Å². The molecule has 0 unspecified atom stereocenters. The maximum Gasteiger partial charge on any atom is 0.274 e. The van der Waals surface area contributed by atoms with Gasteiger partial charge in [0.1, 0.15) is 0 Å². The van der Waals surface area contributed by atoms with Gasteiger partial charge in [0, 0.05) is 31.7 Å². The highest BCUT2D eigenvalue weighted by Gasteiger charge is 2.36. The molecule has 1 fully saturated rings. The summed E-state index contributed by atoms with van der Waals surface area (Å²) in [5.41, 5.74) is 8.50. The molecule has 1 aromatic carbocycles. The Morgan fingerprint density at radius 1 is 1.24 bits per heavy atom. The van der Waals surface area contributed by atoms with E-state index in [9.17, 15) is 9.59 Å². The first-order valence-electron chi connectivity index (χ1n) is 9.10. The Hall–Kier alpha value is -2.35. The van der Waals surface area contributed by atoms with Crippen molar-refractivity contribution in [3.63, 3.8) is 0 Å². The van der Waals surface area contributed by atoms with Crippen LogP contribution in [0, 0.1) is 12.8 Å². The number of hydrogen-bond acceptors (Lipinski definition) is 4. The van der Waals surface area contributed by atoms with E-state index in [-0.39, 0.29) is 48.1 Å². The van der Waals surface area contributed by atoms with E-state index in [4.69, 9.17) is 5.73 Å². The minimum atomic E-state index is -0.294. The Balaban J connectivity index is 0.00000150. The van der Waals surface area contributed by atoms with Gasteiger partial charge in [-0.25, -0.2) is 4.98 Å². The zero-order valence-electron chi connectivity index (χ0n) is 16.3. The van der Waals surface area contributed by atoms with Crippen molar-refractivity contribution >= 4 is 41.8 Å². The summed E-state index contributed by atoms with van der Waals surface area (Å²) in [5.74, 6) is 0.260. The first-order chi connectivity index (χ1) is 13.0. The smallest absolute Gasteiger partial charge is 0.274 e. The minimum Gasteiger partial charge on any atom is -0.338 e. The molecule has 0 saturated carbocycles. The summed E-state index contributed by atoms with van der Waals surface area (Å²) in [6.07, 6.45) is 0. The van der Waals surface area contributed by atoms with E-state index in [0.29, 0.717) is 41.9 Å². The summed E-state index contributed by atoms with van der Waals surface area (Å²) in [5, 5.41) is 3.04. The average molecular weight is 438 g/mol. The largest absolute Gasteiger partial charge is 0.338 e. The van der Waals surface area contributed by atoms with Crippen LogP contribution in [0.4, 0.5) is 0 Å². The third kappa shape index (κ3) is 4.03. The van der Waals surface area contributed by atoms with Crippen LogP contribution in [-0.2, 0) is 7.05 Å². The van der Waals surface area contributed by atoms with E-state index in [1.54, 1.807) is 17.8 Å². The van der Waals surface area contributed by atoms with Gasteiger partial charge in [0.05, 0.1) is 10.9 Å². The summed E-state index contributed by atoms with van der Waals surface area (Å²) in [6, 6.07) is 11.9. The maximum atomic E-state index is 13.3. The molecule has 3 aromatic rings. The number of carbonyl (C=O) groups excluding carboxylic acids is 1. The van der Waals surface area contributed by atoms with Crippen molar-refractivity contribution in [2.45, 2.75) is 12.8 Å². The van der Waals surface area contributed by atoms with Crippen LogP contribution < -0.4 is 11.3 Å². The molecule has 0 radical (unpaired) electrons. The number of aromatic nitrogens is 3. The van der Waals surface area contributed by atoms with Crippen molar-refractivity contribution in [2.24, 2.45) is 18.7 Å². The van der Waals surface area contributed by atoms with Crippen LogP contribution in [0.3, 0.4) is 0 Å². The molecule has 3 heterocycles. The van der Waals surface area contributed by atoms with Gasteiger partial charge in [0.25, 0.3) is 11.5 Å². The van der Waals surface area contributed by atoms with Crippen LogP contribution in [0.2, 0.25) is 0 Å². The van der Waals surface area contributed by atoms with Crippen LogP contribution in [-0.4, -0.2) is 45.2 Å². The molecular weight excluding hydrogens is 413 g/mol. The number of aryl methyl sites for hydroxylation is 2. The van der Waals surface area contributed by atoms with Crippen molar-refractivity contribution in [3.8, 4) is 0 Å². The van der Waals surface area contributed by atoms with E-state index in [1.165, 1.54) is 5.56 Å². The summed E-state index contributed by atoms with van der Waals surface area (Å²) in [4.78, 5) is 31.9. The van der Waals surface area contributed by atoms with Gasteiger partial charge >= 0.3 is 0 Å². The molecule has 7 nitrogen and oxygen atoms in total. The lowest BCUT2D eigenvalue weighted by Crippen LogP contribution is -2.30. The highest BCUT2D eigenvalue weighted by molar-refractivity contribution is 6.05. The van der Waals surface area contributed by atoms with Crippen molar-refractivity contribution in [2.75, 3.05) is 19.6 Å². The van der Waals surface area contributed by atoms with Gasteiger partial charge in [-0.3, -0.25) is 19.4 Å². The molecule has 1 amide bonds. The summed E-state index contributed by atoms with van der Waals surface area (Å²) >= 11 is 0. The molecule has 1 aliphatic rings. The minimum absolute atomic E-state index is 0. The van der Waals surface area contributed by atoms with Crippen molar-refractivity contribution in [1.29, 1.82) is 0 Å².